The number of hydrogen-bond acceptors (Lipinski definition) is 5. The predicted molar refractivity (Wildman–Crippen MR) is 113 cm³/mol. The van der Waals surface area contributed by atoms with Crippen LogP contribution in [0.25, 0.3) is 0 Å². The van der Waals surface area contributed by atoms with E-state index in [9.17, 15) is 9.59 Å². The van der Waals surface area contributed by atoms with Gasteiger partial charge in [0.1, 0.15) is 12.0 Å². The summed E-state index contributed by atoms with van der Waals surface area (Å²) in [5.41, 5.74) is 1.45. The third-order valence-corrected chi connectivity index (χ3v) is 6.07. The smallest absolute Gasteiger partial charge is 0.272 e. The van der Waals surface area contributed by atoms with Gasteiger partial charge in [0.15, 0.2) is 0 Å². The topological polar surface area (TPSA) is 78.4 Å². The molecule has 158 valence electrons. The molecule has 3 heterocycles. The van der Waals surface area contributed by atoms with E-state index < -0.39 is 0 Å². The number of likely N-dealkylation sites (tertiary alicyclic amines) is 2. The number of nitrogens with zero attached hydrogens (tertiary/aromatic N) is 4. The van der Waals surface area contributed by atoms with Crippen LogP contribution < -0.4 is 5.32 Å². The van der Waals surface area contributed by atoms with Crippen molar-refractivity contribution in [2.45, 2.75) is 20.4 Å². The van der Waals surface area contributed by atoms with E-state index in [4.69, 9.17) is 0 Å². The van der Waals surface area contributed by atoms with Crippen LogP contribution in [0.5, 0.6) is 0 Å². The molecule has 0 bridgehead atoms. The lowest BCUT2D eigenvalue weighted by Gasteiger charge is -2.50. The molecular weight excluding hydrogens is 378 g/mol. The van der Waals surface area contributed by atoms with Gasteiger partial charge in [-0.15, -0.1) is 0 Å². The summed E-state index contributed by atoms with van der Waals surface area (Å²) in [6.45, 7) is 8.38. The van der Waals surface area contributed by atoms with Crippen molar-refractivity contribution < 1.29 is 9.59 Å². The molecule has 0 saturated carbocycles. The number of hydrogen-bond donors (Lipinski definition) is 1. The molecule has 4 rings (SSSR count). The minimum absolute atomic E-state index is 0.0918. The molecule has 2 aliphatic heterocycles. The molecule has 2 amide bonds. The van der Waals surface area contributed by atoms with Crippen LogP contribution in [-0.2, 0) is 11.3 Å². The van der Waals surface area contributed by atoms with Crippen LogP contribution in [0.1, 0.15) is 29.9 Å². The fourth-order valence-corrected chi connectivity index (χ4v) is 4.58. The highest BCUT2D eigenvalue weighted by molar-refractivity contribution is 5.93. The second-order valence-electron chi connectivity index (χ2n) is 8.97. The zero-order valence-corrected chi connectivity index (χ0v) is 17.6. The van der Waals surface area contributed by atoms with E-state index in [0.29, 0.717) is 37.8 Å². The summed E-state index contributed by atoms with van der Waals surface area (Å²) in [5, 5.41) is 3.12. The molecule has 30 heavy (non-hydrogen) atoms. The van der Waals surface area contributed by atoms with E-state index in [1.807, 2.05) is 18.2 Å². The molecule has 1 N–H and O–H groups in total. The predicted octanol–water partition coefficient (Wildman–Crippen LogP) is 1.82. The molecule has 2 aromatic rings. The molecule has 7 heteroatoms. The highest BCUT2D eigenvalue weighted by Gasteiger charge is 2.57. The molecule has 2 aliphatic rings. The molecule has 2 saturated heterocycles. The van der Waals surface area contributed by atoms with Gasteiger partial charge in [0.2, 0.25) is 5.91 Å². The summed E-state index contributed by atoms with van der Waals surface area (Å²) in [4.78, 5) is 37.9. The van der Waals surface area contributed by atoms with Crippen molar-refractivity contribution in [1.29, 1.82) is 0 Å². The van der Waals surface area contributed by atoms with Gasteiger partial charge in [-0.25, -0.2) is 9.97 Å². The number of nitrogens with one attached hydrogen (secondary N) is 1. The average molecular weight is 408 g/mol. The second-order valence-corrected chi connectivity index (χ2v) is 8.97. The normalized spacial score (nSPS) is 20.4. The van der Waals surface area contributed by atoms with Gasteiger partial charge in [0.05, 0.1) is 5.92 Å². The summed E-state index contributed by atoms with van der Waals surface area (Å²) in [6, 6.07) is 12.0. The van der Waals surface area contributed by atoms with E-state index in [0.717, 1.165) is 13.1 Å². The fourth-order valence-electron chi connectivity index (χ4n) is 4.58. The van der Waals surface area contributed by atoms with Crippen LogP contribution in [0.2, 0.25) is 0 Å². The Hall–Kier alpha value is -2.80. The van der Waals surface area contributed by atoms with Crippen molar-refractivity contribution in [2.75, 3.05) is 32.7 Å². The van der Waals surface area contributed by atoms with E-state index in [1.165, 1.54) is 11.9 Å². The molecule has 1 aromatic heterocycles. The van der Waals surface area contributed by atoms with Crippen molar-refractivity contribution in [1.82, 2.24) is 25.1 Å². The second kappa shape index (κ2) is 8.52. The molecular formula is C23H29N5O2. The van der Waals surface area contributed by atoms with Crippen molar-refractivity contribution in [3.05, 3.63) is 60.2 Å². The maximum Gasteiger partial charge on any atom is 0.272 e. The van der Waals surface area contributed by atoms with E-state index in [1.54, 1.807) is 17.2 Å². The summed E-state index contributed by atoms with van der Waals surface area (Å²) in [6.07, 6.45) is 2.97. The number of benzene rings is 1. The van der Waals surface area contributed by atoms with Gasteiger partial charge in [-0.3, -0.25) is 14.5 Å². The molecule has 1 aromatic carbocycles. The van der Waals surface area contributed by atoms with Crippen LogP contribution in [0.15, 0.2) is 48.9 Å². The van der Waals surface area contributed by atoms with Gasteiger partial charge in [-0.2, -0.15) is 0 Å². The van der Waals surface area contributed by atoms with E-state index >= 15 is 0 Å². The van der Waals surface area contributed by atoms with Crippen LogP contribution in [0, 0.1) is 17.3 Å². The molecule has 1 unspecified atom stereocenters. The monoisotopic (exact) mass is 407 g/mol. The lowest BCUT2D eigenvalue weighted by atomic mass is 9.71. The number of aromatic nitrogens is 2. The van der Waals surface area contributed by atoms with Crippen LogP contribution in [-0.4, -0.2) is 64.3 Å². The summed E-state index contributed by atoms with van der Waals surface area (Å²) >= 11 is 0. The number of carbonyl (C=O) groups is 2. The summed E-state index contributed by atoms with van der Waals surface area (Å²) in [5.74, 6) is 0.303. The van der Waals surface area contributed by atoms with Crippen molar-refractivity contribution in [3.63, 3.8) is 0 Å². The van der Waals surface area contributed by atoms with Crippen molar-refractivity contribution in [3.8, 4) is 0 Å². The Balaban J connectivity index is 1.47. The first kappa shape index (κ1) is 20.5. The van der Waals surface area contributed by atoms with Gasteiger partial charge in [-0.05, 0) is 17.5 Å². The Morgan fingerprint density at radius 1 is 1.17 bits per heavy atom. The number of carbonyl (C=O) groups excluding carboxylic acids is 2. The Kier molecular flexibility index (Phi) is 5.81. The zero-order chi connectivity index (χ0) is 21.1. The minimum Gasteiger partial charge on any atom is -0.356 e. The molecule has 7 nitrogen and oxygen atoms in total. The number of amides is 2. The highest BCUT2D eigenvalue weighted by Crippen LogP contribution is 2.45. The largest absolute Gasteiger partial charge is 0.356 e. The van der Waals surface area contributed by atoms with Gasteiger partial charge in [0.25, 0.3) is 5.91 Å². The van der Waals surface area contributed by atoms with Gasteiger partial charge >= 0.3 is 0 Å². The first-order valence-electron chi connectivity index (χ1n) is 10.6. The molecule has 0 radical (unpaired) electrons. The third-order valence-electron chi connectivity index (χ3n) is 6.07. The standard InChI is InChI=1S/C23H29N5O2/c1-17(2)10-25-21(29)19-12-27(11-18-6-4-3-5-7-18)13-23(19)14-28(15-23)22(30)20-8-9-24-16-26-20/h3-9,16-17,19H,10-15H2,1-2H3,(H,25,29). The van der Waals surface area contributed by atoms with Crippen LogP contribution >= 0.6 is 0 Å². The molecule has 0 aliphatic carbocycles. The highest BCUT2D eigenvalue weighted by atomic mass is 16.2. The van der Waals surface area contributed by atoms with Crippen LogP contribution in [0.4, 0.5) is 0 Å². The Morgan fingerprint density at radius 2 is 1.93 bits per heavy atom. The van der Waals surface area contributed by atoms with Gasteiger partial charge in [0, 0.05) is 50.9 Å². The van der Waals surface area contributed by atoms with E-state index in [2.05, 4.69) is 46.2 Å². The maximum atomic E-state index is 13.0. The van der Waals surface area contributed by atoms with Crippen LogP contribution in [0.3, 0.4) is 0 Å². The summed E-state index contributed by atoms with van der Waals surface area (Å²) < 4.78 is 0. The SMILES string of the molecule is CC(C)CNC(=O)C1CN(Cc2ccccc2)CC12CN(C(=O)c1ccncn1)C2. The van der Waals surface area contributed by atoms with Crippen molar-refractivity contribution in [2.24, 2.45) is 17.3 Å². The lowest BCUT2D eigenvalue weighted by Crippen LogP contribution is -2.64. The fraction of sp³-hybridized carbons (Fsp3) is 0.478. The first-order valence-corrected chi connectivity index (χ1v) is 10.6. The molecule has 1 spiro atoms. The van der Waals surface area contributed by atoms with Crippen molar-refractivity contribution >= 4 is 11.8 Å². The lowest BCUT2D eigenvalue weighted by molar-refractivity contribution is -0.131. The maximum absolute atomic E-state index is 13.0. The Bertz CT molecular complexity index is 881. The number of rotatable bonds is 6. The quantitative estimate of drug-likeness (QED) is 0.790. The first-order chi connectivity index (χ1) is 14.5. The van der Waals surface area contributed by atoms with Gasteiger partial charge in [-0.1, -0.05) is 44.2 Å². The summed E-state index contributed by atoms with van der Waals surface area (Å²) in [7, 11) is 0. The Labute approximate surface area is 177 Å². The molecule has 1 atom stereocenters. The molecule has 2 fully saturated rings. The minimum atomic E-state index is -0.196. The third kappa shape index (κ3) is 4.21. The van der Waals surface area contributed by atoms with Gasteiger partial charge < -0.3 is 10.2 Å². The average Bonchev–Trinajstić information content (AvgIpc) is 3.11. The Morgan fingerprint density at radius 3 is 2.60 bits per heavy atom. The van der Waals surface area contributed by atoms with E-state index in [-0.39, 0.29) is 23.1 Å². The zero-order valence-electron chi connectivity index (χ0n) is 17.6.